The highest BCUT2D eigenvalue weighted by atomic mass is 16.6. The van der Waals surface area contributed by atoms with Gasteiger partial charge in [0, 0.05) is 54.2 Å². The summed E-state index contributed by atoms with van der Waals surface area (Å²) in [5.41, 5.74) is 9.32. The van der Waals surface area contributed by atoms with Crippen LogP contribution >= 0.6 is 0 Å². The second-order valence-electron chi connectivity index (χ2n) is 15.5. The fraction of sp³-hybridized carbons (Fsp3) is 0.400. The summed E-state index contributed by atoms with van der Waals surface area (Å²) < 4.78 is 5.90. The Balaban J connectivity index is 1.18. The Labute approximate surface area is 308 Å². The van der Waals surface area contributed by atoms with E-state index in [1.54, 1.807) is 6.20 Å². The average Bonchev–Trinajstić information content (AvgIpc) is 3.86. The van der Waals surface area contributed by atoms with E-state index in [1.165, 1.54) is 16.7 Å². The van der Waals surface area contributed by atoms with Crippen LogP contribution in [0.3, 0.4) is 0 Å². The molecule has 5 aromatic rings. The number of benzene rings is 3. The normalized spacial score (nSPS) is 16.8. The number of carbonyl (C=O) groups is 2. The van der Waals surface area contributed by atoms with Gasteiger partial charge in [-0.15, -0.1) is 0 Å². The predicted octanol–water partition coefficient (Wildman–Crippen LogP) is 9.48. The van der Waals surface area contributed by atoms with Crippen LogP contribution < -0.4 is 0 Å². The second kappa shape index (κ2) is 15.4. The maximum atomic E-state index is 14.2. The largest absolute Gasteiger partial charge is 0.445 e. The highest BCUT2D eigenvalue weighted by molar-refractivity contribution is 5.94. The second-order valence-corrected chi connectivity index (χ2v) is 15.5. The number of H-pyrrole nitrogens is 1. The molecule has 7 heteroatoms. The SMILES string of the molecule is Cc1cc(C)cc(-c2[nH]c3ccc(C(C)(C)C(=O)N4C5CCC4CC5)cc3c2CCN(CCCCc2cccnc2)C(=O)OCc2ccccc2)c1. The van der Waals surface area contributed by atoms with Crippen LogP contribution in [0.25, 0.3) is 22.2 Å². The summed E-state index contributed by atoms with van der Waals surface area (Å²) in [6.07, 6.45) is 11.3. The minimum absolute atomic E-state index is 0.234. The first kappa shape index (κ1) is 35.5. The average molecular weight is 697 g/mol. The van der Waals surface area contributed by atoms with Gasteiger partial charge in [0.25, 0.3) is 0 Å². The number of hydrogen-bond acceptors (Lipinski definition) is 4. The Bertz CT molecular complexity index is 1980. The first-order valence-corrected chi connectivity index (χ1v) is 19.1. The maximum Gasteiger partial charge on any atom is 0.410 e. The number of unbranched alkanes of at least 4 members (excludes halogenated alkanes) is 1. The molecule has 2 aromatic heterocycles. The summed E-state index contributed by atoms with van der Waals surface area (Å²) in [5.74, 6) is 0.238. The molecule has 0 atom stereocenters. The first-order chi connectivity index (χ1) is 25.2. The molecule has 0 spiro atoms. The van der Waals surface area contributed by atoms with Crippen LogP contribution in [0.2, 0.25) is 0 Å². The number of nitrogens with zero attached hydrogens (tertiary/aromatic N) is 3. The molecule has 2 fully saturated rings. The van der Waals surface area contributed by atoms with Crippen molar-refractivity contribution in [3.05, 3.63) is 125 Å². The summed E-state index contributed by atoms with van der Waals surface area (Å²) in [4.78, 5) is 40.0. The molecule has 0 radical (unpaired) electrons. The number of amides is 2. The smallest absolute Gasteiger partial charge is 0.410 e. The van der Waals surface area contributed by atoms with E-state index in [9.17, 15) is 9.59 Å². The molecule has 0 unspecified atom stereocenters. The molecule has 2 aliphatic heterocycles. The van der Waals surface area contributed by atoms with Crippen molar-refractivity contribution in [3.63, 3.8) is 0 Å². The molecule has 0 saturated carbocycles. The number of hydrogen-bond donors (Lipinski definition) is 1. The number of nitrogens with one attached hydrogen (secondary N) is 1. The van der Waals surface area contributed by atoms with E-state index >= 15 is 0 Å². The van der Waals surface area contributed by atoms with Crippen LogP contribution in [0, 0.1) is 13.8 Å². The van der Waals surface area contributed by atoms with Crippen molar-refractivity contribution in [3.8, 4) is 11.3 Å². The van der Waals surface area contributed by atoms with Crippen LogP contribution in [0.5, 0.6) is 0 Å². The van der Waals surface area contributed by atoms with E-state index in [-0.39, 0.29) is 18.6 Å². The number of aryl methyl sites for hydroxylation is 3. The van der Waals surface area contributed by atoms with E-state index in [0.717, 1.165) is 83.8 Å². The van der Waals surface area contributed by atoms with Gasteiger partial charge in [-0.05, 0) is 137 Å². The van der Waals surface area contributed by atoms with E-state index in [1.807, 2.05) is 47.5 Å². The molecule has 52 heavy (non-hydrogen) atoms. The monoisotopic (exact) mass is 696 g/mol. The Morgan fingerprint density at radius 3 is 2.25 bits per heavy atom. The minimum atomic E-state index is -0.657. The predicted molar refractivity (Wildman–Crippen MR) is 208 cm³/mol. The van der Waals surface area contributed by atoms with Gasteiger partial charge in [0.2, 0.25) is 5.91 Å². The Morgan fingerprint density at radius 2 is 1.56 bits per heavy atom. The summed E-state index contributed by atoms with van der Waals surface area (Å²) in [7, 11) is 0. The van der Waals surface area contributed by atoms with Crippen molar-refractivity contribution in [1.82, 2.24) is 19.8 Å². The quantitative estimate of drug-likeness (QED) is 0.124. The van der Waals surface area contributed by atoms with Crippen LogP contribution in [-0.4, -0.2) is 56.9 Å². The lowest BCUT2D eigenvalue weighted by Gasteiger charge is -2.33. The number of ether oxygens (including phenoxy) is 1. The highest BCUT2D eigenvalue weighted by Crippen LogP contribution is 2.42. The molecule has 2 aliphatic rings. The van der Waals surface area contributed by atoms with Crippen molar-refractivity contribution >= 4 is 22.9 Å². The van der Waals surface area contributed by atoms with Crippen molar-refractivity contribution in [2.75, 3.05) is 13.1 Å². The molecule has 7 nitrogen and oxygen atoms in total. The molecular weight excluding hydrogens is 645 g/mol. The lowest BCUT2D eigenvalue weighted by Crippen LogP contribution is -2.45. The summed E-state index contributed by atoms with van der Waals surface area (Å²) in [6, 6.07) is 27.8. The molecule has 0 aliphatic carbocycles. The molecule has 7 rings (SSSR count). The van der Waals surface area contributed by atoms with Crippen molar-refractivity contribution in [1.29, 1.82) is 0 Å². The van der Waals surface area contributed by atoms with Gasteiger partial charge in [-0.3, -0.25) is 9.78 Å². The van der Waals surface area contributed by atoms with Gasteiger partial charge < -0.3 is 19.5 Å². The first-order valence-electron chi connectivity index (χ1n) is 19.1. The van der Waals surface area contributed by atoms with Gasteiger partial charge in [0.05, 0.1) is 5.41 Å². The summed E-state index contributed by atoms with van der Waals surface area (Å²) in [6.45, 7) is 9.77. The van der Waals surface area contributed by atoms with Crippen molar-refractivity contribution in [2.45, 2.75) is 103 Å². The van der Waals surface area contributed by atoms with E-state index in [2.05, 4.69) is 85.0 Å². The van der Waals surface area contributed by atoms with Crippen LogP contribution in [0.1, 0.15) is 85.8 Å². The number of aromatic amines is 1. The Hall–Kier alpha value is -4.91. The highest BCUT2D eigenvalue weighted by Gasteiger charge is 2.47. The molecule has 270 valence electrons. The van der Waals surface area contributed by atoms with Gasteiger partial charge in [0.15, 0.2) is 0 Å². The van der Waals surface area contributed by atoms with E-state index in [4.69, 9.17) is 4.74 Å². The van der Waals surface area contributed by atoms with E-state index in [0.29, 0.717) is 31.6 Å². The Morgan fingerprint density at radius 1 is 0.846 bits per heavy atom. The summed E-state index contributed by atoms with van der Waals surface area (Å²) in [5, 5.41) is 1.10. The minimum Gasteiger partial charge on any atom is -0.445 e. The lowest BCUT2D eigenvalue weighted by molar-refractivity contribution is -0.137. The fourth-order valence-electron chi connectivity index (χ4n) is 8.48. The number of aromatic nitrogens is 2. The van der Waals surface area contributed by atoms with Gasteiger partial charge in [-0.25, -0.2) is 4.79 Å². The van der Waals surface area contributed by atoms with Gasteiger partial charge in [-0.1, -0.05) is 59.7 Å². The maximum absolute atomic E-state index is 14.2. The van der Waals surface area contributed by atoms with Gasteiger partial charge in [-0.2, -0.15) is 0 Å². The standard InChI is InChI=1S/C45H52N4O3/c1-31-25-32(2)27-35(26-31)42-39(40-28-36(15-20-41(40)47-42)45(3,4)43(50)49-37-16-17-38(49)19-18-37)21-24-48(23-9-8-11-33-14-10-22-46-29-33)44(51)52-30-34-12-6-5-7-13-34/h5-7,10,12-15,20,22,25-29,37-38,47H,8-9,11,16-19,21,23-24,30H2,1-4H3. The van der Waals surface area contributed by atoms with Crippen molar-refractivity contribution < 1.29 is 14.3 Å². The zero-order valence-corrected chi connectivity index (χ0v) is 31.2. The van der Waals surface area contributed by atoms with Gasteiger partial charge in [0.1, 0.15) is 6.61 Å². The van der Waals surface area contributed by atoms with Crippen LogP contribution in [0.4, 0.5) is 4.79 Å². The Kier molecular flexibility index (Phi) is 10.5. The third-order valence-corrected chi connectivity index (χ3v) is 11.3. The summed E-state index contributed by atoms with van der Waals surface area (Å²) >= 11 is 0. The number of carbonyl (C=O) groups excluding carboxylic acids is 2. The van der Waals surface area contributed by atoms with Gasteiger partial charge >= 0.3 is 6.09 Å². The van der Waals surface area contributed by atoms with Crippen LogP contribution in [0.15, 0.2) is 91.3 Å². The molecule has 3 aromatic carbocycles. The molecule has 4 heterocycles. The van der Waals surface area contributed by atoms with E-state index < -0.39 is 5.41 Å². The fourth-order valence-corrected chi connectivity index (χ4v) is 8.48. The van der Waals surface area contributed by atoms with Crippen molar-refractivity contribution in [2.24, 2.45) is 0 Å². The number of fused-ring (bicyclic) bond motifs is 3. The number of rotatable bonds is 13. The third kappa shape index (κ3) is 7.64. The molecular formula is C45H52N4O3. The molecule has 1 N–H and O–H groups in total. The van der Waals surface area contributed by atoms with Crippen LogP contribution in [-0.2, 0) is 34.4 Å². The zero-order valence-electron chi connectivity index (χ0n) is 31.2. The molecule has 2 amide bonds. The topological polar surface area (TPSA) is 78.5 Å². The molecule has 2 saturated heterocycles. The third-order valence-electron chi connectivity index (χ3n) is 11.3. The lowest BCUT2D eigenvalue weighted by atomic mass is 9.82. The zero-order chi connectivity index (χ0) is 36.2. The molecule has 2 bridgehead atoms. The number of pyridine rings is 1.